The van der Waals surface area contributed by atoms with Gasteiger partial charge in [-0.05, 0) is 72.0 Å². The van der Waals surface area contributed by atoms with Crippen LogP contribution >= 0.6 is 22.6 Å². The molecular formula is C22H19IN2O3. The third kappa shape index (κ3) is 3.87. The predicted molar refractivity (Wildman–Crippen MR) is 116 cm³/mol. The summed E-state index contributed by atoms with van der Waals surface area (Å²) in [5, 5.41) is 3.56. The van der Waals surface area contributed by atoms with E-state index in [0.29, 0.717) is 11.3 Å². The molecule has 0 unspecified atom stereocenters. The lowest BCUT2D eigenvalue weighted by Crippen LogP contribution is -2.23. The average molecular weight is 486 g/mol. The fraction of sp³-hybridized carbons (Fsp3) is 0.227. The van der Waals surface area contributed by atoms with Crippen LogP contribution in [0.15, 0.2) is 48.5 Å². The minimum atomic E-state index is -0.463. The SMILES string of the molecule is O=C(COC(=O)c1c2c(nc3ccccc13)CCCC2)Nc1ccccc1I. The minimum Gasteiger partial charge on any atom is -0.452 e. The number of halogens is 1. The molecule has 0 atom stereocenters. The number of aryl methyl sites for hydroxylation is 1. The third-order valence-corrected chi connectivity index (χ3v) is 5.80. The molecule has 0 spiro atoms. The van der Waals surface area contributed by atoms with Gasteiger partial charge in [0.15, 0.2) is 6.61 Å². The summed E-state index contributed by atoms with van der Waals surface area (Å²) in [7, 11) is 0. The van der Waals surface area contributed by atoms with Crippen molar-refractivity contribution in [2.24, 2.45) is 0 Å². The normalized spacial score (nSPS) is 13.0. The maximum absolute atomic E-state index is 12.9. The van der Waals surface area contributed by atoms with Crippen LogP contribution in [0.4, 0.5) is 5.69 Å². The molecule has 0 radical (unpaired) electrons. The van der Waals surface area contributed by atoms with Crippen molar-refractivity contribution in [3.05, 3.63) is 68.9 Å². The molecule has 0 bridgehead atoms. The molecule has 6 heteroatoms. The van der Waals surface area contributed by atoms with Crippen LogP contribution in [0.3, 0.4) is 0 Å². The van der Waals surface area contributed by atoms with Gasteiger partial charge in [0.25, 0.3) is 5.91 Å². The van der Waals surface area contributed by atoms with Gasteiger partial charge in [-0.3, -0.25) is 9.78 Å². The number of hydrogen-bond donors (Lipinski definition) is 1. The number of fused-ring (bicyclic) bond motifs is 2. The summed E-state index contributed by atoms with van der Waals surface area (Å²) in [6, 6.07) is 15.1. The summed E-state index contributed by atoms with van der Waals surface area (Å²) < 4.78 is 6.32. The Hall–Kier alpha value is -2.48. The number of carbonyl (C=O) groups excluding carboxylic acids is 2. The van der Waals surface area contributed by atoms with Crippen LogP contribution in [0.1, 0.15) is 34.5 Å². The van der Waals surface area contributed by atoms with E-state index in [1.54, 1.807) is 0 Å². The Kier molecular flexibility index (Phi) is 5.57. The number of para-hydroxylation sites is 2. The van der Waals surface area contributed by atoms with Gasteiger partial charge in [-0.1, -0.05) is 30.3 Å². The van der Waals surface area contributed by atoms with E-state index in [0.717, 1.165) is 51.4 Å². The zero-order valence-corrected chi connectivity index (χ0v) is 17.4. The molecule has 28 heavy (non-hydrogen) atoms. The number of ether oxygens (including phenoxy) is 1. The zero-order valence-electron chi connectivity index (χ0n) is 15.2. The van der Waals surface area contributed by atoms with Gasteiger partial charge in [0, 0.05) is 14.7 Å². The van der Waals surface area contributed by atoms with Gasteiger partial charge in [0.1, 0.15) is 0 Å². The first kappa shape index (κ1) is 18.9. The minimum absolute atomic E-state index is 0.324. The first-order valence-electron chi connectivity index (χ1n) is 9.25. The van der Waals surface area contributed by atoms with Gasteiger partial charge in [-0.2, -0.15) is 0 Å². The number of amides is 1. The van der Waals surface area contributed by atoms with Crippen molar-refractivity contribution in [1.29, 1.82) is 0 Å². The molecule has 142 valence electrons. The van der Waals surface area contributed by atoms with Crippen LogP contribution in [0, 0.1) is 3.57 Å². The lowest BCUT2D eigenvalue weighted by molar-refractivity contribution is -0.119. The van der Waals surface area contributed by atoms with Gasteiger partial charge in [-0.25, -0.2) is 4.79 Å². The Labute approximate surface area is 176 Å². The highest BCUT2D eigenvalue weighted by Gasteiger charge is 2.24. The second kappa shape index (κ2) is 8.26. The van der Waals surface area contributed by atoms with E-state index in [4.69, 9.17) is 9.72 Å². The van der Waals surface area contributed by atoms with Crippen LogP contribution in [0.5, 0.6) is 0 Å². The molecule has 4 rings (SSSR count). The summed E-state index contributed by atoms with van der Waals surface area (Å²) in [6.45, 7) is -0.324. The van der Waals surface area contributed by atoms with Crippen molar-refractivity contribution in [1.82, 2.24) is 4.98 Å². The van der Waals surface area contributed by atoms with Gasteiger partial charge in [0.2, 0.25) is 0 Å². The van der Waals surface area contributed by atoms with Crippen molar-refractivity contribution < 1.29 is 14.3 Å². The Balaban J connectivity index is 1.56. The molecule has 2 aromatic carbocycles. The number of benzene rings is 2. The Morgan fingerprint density at radius 2 is 1.79 bits per heavy atom. The molecule has 1 amide bonds. The number of aromatic nitrogens is 1. The standard InChI is InChI=1S/C22H19IN2O3/c23-16-9-3-6-12-19(16)25-20(26)13-28-22(27)21-14-7-1-4-10-17(14)24-18-11-5-2-8-15(18)21/h1,3-4,6-7,9-10,12H,2,5,8,11,13H2,(H,25,26). The van der Waals surface area contributed by atoms with Crippen LogP contribution in [0.25, 0.3) is 10.9 Å². The molecular weight excluding hydrogens is 467 g/mol. The number of rotatable bonds is 4. The molecule has 1 aliphatic carbocycles. The largest absolute Gasteiger partial charge is 0.452 e. The summed E-state index contributed by atoms with van der Waals surface area (Å²) >= 11 is 2.15. The number of anilines is 1. The fourth-order valence-corrected chi connectivity index (χ4v) is 4.08. The van der Waals surface area contributed by atoms with E-state index in [-0.39, 0.29) is 12.5 Å². The zero-order chi connectivity index (χ0) is 19.5. The summed E-state index contributed by atoms with van der Waals surface area (Å²) in [4.78, 5) is 29.9. The molecule has 0 saturated carbocycles. The van der Waals surface area contributed by atoms with E-state index in [2.05, 4.69) is 27.9 Å². The molecule has 5 nitrogen and oxygen atoms in total. The first-order valence-corrected chi connectivity index (χ1v) is 10.3. The molecule has 3 aromatic rings. The molecule has 0 aliphatic heterocycles. The molecule has 0 saturated heterocycles. The van der Waals surface area contributed by atoms with Crippen LogP contribution in [-0.4, -0.2) is 23.5 Å². The fourth-order valence-electron chi connectivity index (χ4n) is 3.56. The highest BCUT2D eigenvalue weighted by Crippen LogP contribution is 2.29. The Morgan fingerprint density at radius 3 is 2.64 bits per heavy atom. The van der Waals surface area contributed by atoms with Crippen LogP contribution in [0.2, 0.25) is 0 Å². The maximum atomic E-state index is 12.9. The lowest BCUT2D eigenvalue weighted by Gasteiger charge is -2.20. The van der Waals surface area contributed by atoms with Crippen LogP contribution in [-0.2, 0) is 22.4 Å². The molecule has 1 N–H and O–H groups in total. The Morgan fingerprint density at radius 1 is 1.04 bits per heavy atom. The average Bonchev–Trinajstić information content (AvgIpc) is 2.72. The van der Waals surface area contributed by atoms with Crippen molar-refractivity contribution in [2.75, 3.05) is 11.9 Å². The van der Waals surface area contributed by atoms with E-state index >= 15 is 0 Å². The van der Waals surface area contributed by atoms with E-state index in [1.165, 1.54) is 0 Å². The second-order valence-corrected chi connectivity index (χ2v) is 7.90. The van der Waals surface area contributed by atoms with Crippen molar-refractivity contribution in [3.63, 3.8) is 0 Å². The molecule has 1 aromatic heterocycles. The smallest absolute Gasteiger partial charge is 0.339 e. The van der Waals surface area contributed by atoms with Gasteiger partial charge in [0.05, 0.1) is 16.8 Å². The van der Waals surface area contributed by atoms with E-state index < -0.39 is 5.97 Å². The van der Waals surface area contributed by atoms with Crippen molar-refractivity contribution >= 4 is 51.1 Å². The summed E-state index contributed by atoms with van der Waals surface area (Å²) in [6.07, 6.45) is 3.78. The maximum Gasteiger partial charge on any atom is 0.339 e. The highest BCUT2D eigenvalue weighted by atomic mass is 127. The first-order chi connectivity index (χ1) is 13.6. The monoisotopic (exact) mass is 486 g/mol. The predicted octanol–water partition coefficient (Wildman–Crippen LogP) is 4.51. The number of hydrogen-bond acceptors (Lipinski definition) is 4. The van der Waals surface area contributed by atoms with Crippen molar-refractivity contribution in [3.8, 4) is 0 Å². The van der Waals surface area contributed by atoms with E-state index in [9.17, 15) is 9.59 Å². The van der Waals surface area contributed by atoms with Gasteiger partial charge < -0.3 is 10.1 Å². The number of esters is 1. The molecule has 1 heterocycles. The van der Waals surface area contributed by atoms with E-state index in [1.807, 2.05) is 48.5 Å². The highest BCUT2D eigenvalue weighted by molar-refractivity contribution is 14.1. The number of carbonyl (C=O) groups is 2. The van der Waals surface area contributed by atoms with Crippen molar-refractivity contribution in [2.45, 2.75) is 25.7 Å². The Bertz CT molecular complexity index is 1060. The topological polar surface area (TPSA) is 68.3 Å². The van der Waals surface area contributed by atoms with Gasteiger partial charge >= 0.3 is 5.97 Å². The molecule has 1 aliphatic rings. The number of nitrogens with zero attached hydrogens (tertiary/aromatic N) is 1. The lowest BCUT2D eigenvalue weighted by atomic mass is 9.90. The second-order valence-electron chi connectivity index (χ2n) is 6.74. The number of pyridine rings is 1. The quantitative estimate of drug-likeness (QED) is 0.435. The third-order valence-electron chi connectivity index (χ3n) is 4.86. The summed E-state index contributed by atoms with van der Waals surface area (Å²) in [5.74, 6) is -0.820. The van der Waals surface area contributed by atoms with Crippen LogP contribution < -0.4 is 5.32 Å². The molecule has 0 fully saturated rings. The van der Waals surface area contributed by atoms with Gasteiger partial charge in [-0.15, -0.1) is 0 Å². The number of nitrogens with one attached hydrogen (secondary N) is 1. The summed E-state index contributed by atoms with van der Waals surface area (Å²) in [5.41, 5.74) is 3.99.